The van der Waals surface area contributed by atoms with Gasteiger partial charge in [0.1, 0.15) is 10.8 Å². The fraction of sp³-hybridized carbons (Fsp3) is 0.304. The number of rotatable bonds is 5. The lowest BCUT2D eigenvalue weighted by Crippen LogP contribution is -2.41. The number of methoxy groups -OCH3 is 1. The van der Waals surface area contributed by atoms with E-state index in [9.17, 15) is 9.59 Å². The first-order chi connectivity index (χ1) is 15.9. The third-order valence-corrected chi connectivity index (χ3v) is 6.80. The van der Waals surface area contributed by atoms with Crippen LogP contribution in [0.25, 0.3) is 0 Å². The van der Waals surface area contributed by atoms with Gasteiger partial charge in [0, 0.05) is 24.7 Å². The van der Waals surface area contributed by atoms with Crippen LogP contribution in [-0.4, -0.2) is 47.2 Å². The molecule has 172 valence electrons. The van der Waals surface area contributed by atoms with E-state index < -0.39 is 0 Å². The molecule has 4 rings (SSSR count). The zero-order valence-corrected chi connectivity index (χ0v) is 19.9. The normalized spacial score (nSPS) is 15.7. The molecule has 0 saturated carbocycles. The molecule has 0 spiro atoms. The smallest absolute Gasteiger partial charge is 0.321 e. The maximum Gasteiger partial charge on any atom is 0.321 e. The second kappa shape index (κ2) is 10.2. The molecule has 0 bridgehead atoms. The van der Waals surface area contributed by atoms with Gasteiger partial charge in [-0.05, 0) is 61.7 Å². The number of aryl methyl sites for hydroxylation is 1. The maximum atomic E-state index is 12.8. The molecule has 1 saturated heterocycles. The Morgan fingerprint density at radius 3 is 2.67 bits per heavy atom. The van der Waals surface area contributed by atoms with E-state index in [4.69, 9.17) is 16.3 Å². The number of halogens is 1. The number of urea groups is 1. The summed E-state index contributed by atoms with van der Waals surface area (Å²) in [5.74, 6) is 0.420. The Bertz CT molecular complexity index is 1150. The SMILES string of the molecule is COc1ccc(NC(=O)c2nnc([C@H]3CCCN(C(=O)Nc4ccc(C)cc4Cl)C3)s2)cc1. The molecule has 2 aromatic carbocycles. The molecule has 3 amide bonds. The van der Waals surface area contributed by atoms with Crippen molar-refractivity contribution in [2.24, 2.45) is 0 Å². The van der Waals surface area contributed by atoms with Crippen LogP contribution in [-0.2, 0) is 0 Å². The van der Waals surface area contributed by atoms with Crippen LogP contribution in [0.15, 0.2) is 42.5 Å². The summed E-state index contributed by atoms with van der Waals surface area (Å²) in [5, 5.41) is 15.6. The minimum absolute atomic E-state index is 0.0260. The third-order valence-electron chi connectivity index (χ3n) is 5.41. The predicted molar refractivity (Wildman–Crippen MR) is 130 cm³/mol. The van der Waals surface area contributed by atoms with E-state index in [-0.39, 0.29) is 22.9 Å². The number of piperidine rings is 1. The zero-order valence-electron chi connectivity index (χ0n) is 18.3. The lowest BCUT2D eigenvalue weighted by atomic mass is 9.99. The first-order valence-electron chi connectivity index (χ1n) is 10.5. The van der Waals surface area contributed by atoms with Crippen LogP contribution in [0.3, 0.4) is 0 Å². The number of ether oxygens (including phenoxy) is 1. The second-order valence-electron chi connectivity index (χ2n) is 7.83. The Hall–Kier alpha value is -3.17. The summed E-state index contributed by atoms with van der Waals surface area (Å²) in [6, 6.07) is 12.4. The van der Waals surface area contributed by atoms with Crippen molar-refractivity contribution < 1.29 is 14.3 Å². The standard InChI is InChI=1S/C23H24ClN5O3S/c1-14-5-10-19(18(24)12-14)26-23(31)29-11-3-4-15(13-29)21-27-28-22(33-21)20(30)25-16-6-8-17(32-2)9-7-16/h5-10,12,15H,3-4,11,13H2,1-2H3,(H,25,30)(H,26,31)/t15-/m0/s1. The van der Waals surface area contributed by atoms with Crippen molar-refractivity contribution in [3.8, 4) is 5.75 Å². The van der Waals surface area contributed by atoms with Gasteiger partial charge in [-0.2, -0.15) is 0 Å². The molecular weight excluding hydrogens is 462 g/mol. The molecule has 1 aromatic heterocycles. The van der Waals surface area contributed by atoms with Crippen molar-refractivity contribution >= 4 is 46.3 Å². The third kappa shape index (κ3) is 5.61. The summed E-state index contributed by atoms with van der Waals surface area (Å²) in [6.45, 7) is 3.10. The highest BCUT2D eigenvalue weighted by Gasteiger charge is 2.28. The van der Waals surface area contributed by atoms with Gasteiger partial charge in [0.25, 0.3) is 5.91 Å². The molecule has 0 unspecified atom stereocenters. The van der Waals surface area contributed by atoms with Crippen molar-refractivity contribution in [1.29, 1.82) is 0 Å². The van der Waals surface area contributed by atoms with Gasteiger partial charge in [0.05, 0.1) is 17.8 Å². The van der Waals surface area contributed by atoms with E-state index in [0.29, 0.717) is 35.2 Å². The Morgan fingerprint density at radius 1 is 1.15 bits per heavy atom. The number of nitrogens with one attached hydrogen (secondary N) is 2. The molecular formula is C23H24ClN5O3S. The number of likely N-dealkylation sites (tertiary alicyclic amines) is 1. The average molecular weight is 486 g/mol. The van der Waals surface area contributed by atoms with Crippen LogP contribution in [0.1, 0.15) is 39.1 Å². The monoisotopic (exact) mass is 485 g/mol. The van der Waals surface area contributed by atoms with Gasteiger partial charge in [0.2, 0.25) is 5.01 Å². The summed E-state index contributed by atoms with van der Waals surface area (Å²) in [7, 11) is 1.59. The van der Waals surface area contributed by atoms with Crippen molar-refractivity contribution in [3.05, 3.63) is 63.1 Å². The number of amides is 3. The highest BCUT2D eigenvalue weighted by Crippen LogP contribution is 2.30. The van der Waals surface area contributed by atoms with Crippen LogP contribution in [0, 0.1) is 6.92 Å². The fourth-order valence-electron chi connectivity index (χ4n) is 3.63. The Balaban J connectivity index is 1.38. The van der Waals surface area contributed by atoms with Gasteiger partial charge in [-0.25, -0.2) is 4.79 Å². The number of anilines is 2. The molecule has 33 heavy (non-hydrogen) atoms. The quantitative estimate of drug-likeness (QED) is 0.519. The average Bonchev–Trinajstić information content (AvgIpc) is 3.32. The minimum Gasteiger partial charge on any atom is -0.497 e. The lowest BCUT2D eigenvalue weighted by Gasteiger charge is -2.31. The number of nitrogens with zero attached hydrogens (tertiary/aromatic N) is 3. The Morgan fingerprint density at radius 2 is 1.94 bits per heavy atom. The van der Waals surface area contributed by atoms with E-state index in [1.54, 1.807) is 42.3 Å². The lowest BCUT2D eigenvalue weighted by molar-refractivity contribution is 0.102. The van der Waals surface area contributed by atoms with E-state index in [0.717, 1.165) is 23.4 Å². The first kappa shape index (κ1) is 23.0. The van der Waals surface area contributed by atoms with Gasteiger partial charge in [-0.3, -0.25) is 4.79 Å². The summed E-state index contributed by atoms with van der Waals surface area (Å²) in [5.41, 5.74) is 2.26. The number of aromatic nitrogens is 2. The van der Waals surface area contributed by atoms with Crippen molar-refractivity contribution in [3.63, 3.8) is 0 Å². The second-order valence-corrected chi connectivity index (χ2v) is 9.24. The van der Waals surface area contributed by atoms with Crippen LogP contribution < -0.4 is 15.4 Å². The van der Waals surface area contributed by atoms with Gasteiger partial charge >= 0.3 is 6.03 Å². The van der Waals surface area contributed by atoms with Crippen molar-refractivity contribution in [2.45, 2.75) is 25.7 Å². The van der Waals surface area contributed by atoms with E-state index >= 15 is 0 Å². The summed E-state index contributed by atoms with van der Waals surface area (Å²) in [4.78, 5) is 27.1. The summed E-state index contributed by atoms with van der Waals surface area (Å²) < 4.78 is 5.13. The number of carbonyl (C=O) groups excluding carboxylic acids is 2. The summed E-state index contributed by atoms with van der Waals surface area (Å²) >= 11 is 7.51. The molecule has 2 heterocycles. The molecule has 1 fully saturated rings. The molecule has 1 aliphatic heterocycles. The topological polar surface area (TPSA) is 96.4 Å². The van der Waals surface area contributed by atoms with Gasteiger partial charge in [-0.15, -0.1) is 10.2 Å². The summed E-state index contributed by atoms with van der Waals surface area (Å²) in [6.07, 6.45) is 1.72. The highest BCUT2D eigenvalue weighted by atomic mass is 35.5. The molecule has 3 aromatic rings. The molecule has 1 atom stereocenters. The molecule has 1 aliphatic rings. The number of carbonyl (C=O) groups is 2. The van der Waals surface area contributed by atoms with Crippen LogP contribution in [0.4, 0.5) is 16.2 Å². The predicted octanol–water partition coefficient (Wildman–Crippen LogP) is 5.17. The minimum atomic E-state index is -0.316. The highest BCUT2D eigenvalue weighted by molar-refractivity contribution is 7.13. The van der Waals surface area contributed by atoms with E-state index in [1.165, 1.54) is 11.3 Å². The number of benzene rings is 2. The number of hydrogen-bond donors (Lipinski definition) is 2. The fourth-order valence-corrected chi connectivity index (χ4v) is 4.78. The zero-order chi connectivity index (χ0) is 23.4. The van der Waals surface area contributed by atoms with Crippen molar-refractivity contribution in [1.82, 2.24) is 15.1 Å². The first-order valence-corrected chi connectivity index (χ1v) is 11.7. The van der Waals surface area contributed by atoms with Crippen molar-refractivity contribution in [2.75, 3.05) is 30.8 Å². The molecule has 0 radical (unpaired) electrons. The van der Waals surface area contributed by atoms with Gasteiger partial charge < -0.3 is 20.3 Å². The Labute approximate surface area is 200 Å². The van der Waals surface area contributed by atoms with Crippen LogP contribution in [0.5, 0.6) is 5.75 Å². The molecule has 0 aliphatic carbocycles. The van der Waals surface area contributed by atoms with Crippen LogP contribution >= 0.6 is 22.9 Å². The van der Waals surface area contributed by atoms with Gasteiger partial charge in [0.15, 0.2) is 0 Å². The van der Waals surface area contributed by atoms with E-state index in [2.05, 4.69) is 20.8 Å². The van der Waals surface area contributed by atoms with Crippen LogP contribution in [0.2, 0.25) is 5.02 Å². The largest absolute Gasteiger partial charge is 0.497 e. The Kier molecular flexibility index (Phi) is 7.10. The van der Waals surface area contributed by atoms with E-state index in [1.807, 2.05) is 19.1 Å². The number of hydrogen-bond acceptors (Lipinski definition) is 6. The molecule has 8 nitrogen and oxygen atoms in total. The van der Waals surface area contributed by atoms with Gasteiger partial charge in [-0.1, -0.05) is 29.0 Å². The molecule has 2 N–H and O–H groups in total. The maximum absolute atomic E-state index is 12.8. The molecule has 10 heteroatoms.